The molecule has 0 spiro atoms. The van der Waals surface area contributed by atoms with Crippen LogP contribution in [0.4, 0.5) is 5.82 Å². The summed E-state index contributed by atoms with van der Waals surface area (Å²) < 4.78 is 6.06. The molecular formula is C18H27N3OS2. The Kier molecular flexibility index (Phi) is 5.67. The molecule has 0 saturated carbocycles. The van der Waals surface area contributed by atoms with Gasteiger partial charge in [-0.15, -0.1) is 11.3 Å². The fourth-order valence-corrected chi connectivity index (χ4v) is 5.08. The van der Waals surface area contributed by atoms with Crippen molar-refractivity contribution in [3.63, 3.8) is 0 Å². The van der Waals surface area contributed by atoms with Gasteiger partial charge in [0, 0.05) is 17.1 Å². The summed E-state index contributed by atoms with van der Waals surface area (Å²) in [5.74, 6) is 1.70. The zero-order chi connectivity index (χ0) is 17.2. The summed E-state index contributed by atoms with van der Waals surface area (Å²) in [6.07, 6.45) is 6.95. The maximum absolute atomic E-state index is 6.31. The smallest absolute Gasteiger partial charge is 0.190 e. The standard InChI is InChI=1S/C18H27N3OS2/c1-4-6-7-8-9-23-17-20-15(19)14-12-10-18(3,5-2)22-11-13(12)24-16(14)21-17/h4-11H2,1-3H3,(H2,19,20,21). The van der Waals surface area contributed by atoms with Crippen molar-refractivity contribution >= 4 is 39.1 Å². The fraction of sp³-hybridized carbons (Fsp3) is 0.667. The number of nitrogen functional groups attached to an aromatic ring is 1. The van der Waals surface area contributed by atoms with E-state index < -0.39 is 0 Å². The van der Waals surface area contributed by atoms with Crippen LogP contribution in [0, 0.1) is 0 Å². The number of fused-ring (bicyclic) bond motifs is 3. The summed E-state index contributed by atoms with van der Waals surface area (Å²) in [4.78, 5) is 11.6. The van der Waals surface area contributed by atoms with E-state index in [-0.39, 0.29) is 5.60 Å². The Morgan fingerprint density at radius 3 is 2.83 bits per heavy atom. The van der Waals surface area contributed by atoms with Crippen molar-refractivity contribution in [3.05, 3.63) is 10.4 Å². The second kappa shape index (κ2) is 7.58. The average molecular weight is 366 g/mol. The number of rotatable bonds is 7. The molecule has 3 rings (SSSR count). The lowest BCUT2D eigenvalue weighted by Gasteiger charge is -2.33. The number of hydrogen-bond donors (Lipinski definition) is 1. The Labute approximate surface area is 152 Å². The van der Waals surface area contributed by atoms with Crippen LogP contribution in [0.3, 0.4) is 0 Å². The minimum atomic E-state index is -0.0971. The quantitative estimate of drug-likeness (QED) is 0.416. The third-order valence-corrected chi connectivity index (χ3v) is 6.85. The van der Waals surface area contributed by atoms with E-state index in [0.717, 1.165) is 34.0 Å². The number of hydrogen-bond acceptors (Lipinski definition) is 6. The van der Waals surface area contributed by atoms with Crippen LogP contribution in [0.5, 0.6) is 0 Å². The van der Waals surface area contributed by atoms with Crippen LogP contribution in [0.2, 0.25) is 0 Å². The summed E-state index contributed by atoms with van der Waals surface area (Å²) in [6.45, 7) is 7.25. The van der Waals surface area contributed by atoms with E-state index in [2.05, 4.69) is 25.8 Å². The number of ether oxygens (including phenoxy) is 1. The van der Waals surface area contributed by atoms with Gasteiger partial charge in [-0.1, -0.05) is 44.9 Å². The second-order valence-electron chi connectivity index (χ2n) is 6.75. The Balaban J connectivity index is 1.81. The molecular weight excluding hydrogens is 338 g/mol. The number of unbranched alkanes of at least 4 members (excludes halogenated alkanes) is 3. The van der Waals surface area contributed by atoms with Crippen LogP contribution >= 0.6 is 23.1 Å². The molecule has 0 bridgehead atoms. The van der Waals surface area contributed by atoms with Gasteiger partial charge in [0.2, 0.25) is 0 Å². The van der Waals surface area contributed by atoms with Crippen molar-refractivity contribution in [1.29, 1.82) is 0 Å². The van der Waals surface area contributed by atoms with Gasteiger partial charge in [-0.25, -0.2) is 9.97 Å². The van der Waals surface area contributed by atoms with E-state index in [0.29, 0.717) is 12.4 Å². The Morgan fingerprint density at radius 2 is 2.08 bits per heavy atom. The predicted molar refractivity (Wildman–Crippen MR) is 104 cm³/mol. The number of anilines is 1. The van der Waals surface area contributed by atoms with Crippen LogP contribution in [0.1, 0.15) is 63.3 Å². The third-order valence-electron chi connectivity index (χ3n) is 4.82. The first-order chi connectivity index (χ1) is 11.6. The van der Waals surface area contributed by atoms with Gasteiger partial charge in [0.25, 0.3) is 0 Å². The molecule has 0 aromatic carbocycles. The van der Waals surface area contributed by atoms with E-state index in [1.54, 1.807) is 23.1 Å². The highest BCUT2D eigenvalue weighted by Gasteiger charge is 2.32. The van der Waals surface area contributed by atoms with Gasteiger partial charge < -0.3 is 10.5 Å². The molecule has 132 valence electrons. The van der Waals surface area contributed by atoms with Gasteiger partial charge in [-0.05, 0) is 25.3 Å². The molecule has 1 aliphatic heterocycles. The first kappa shape index (κ1) is 18.0. The first-order valence-corrected chi connectivity index (χ1v) is 10.7. The molecule has 0 radical (unpaired) electrons. The summed E-state index contributed by atoms with van der Waals surface area (Å²) in [6, 6.07) is 0. The molecule has 2 aromatic heterocycles. The van der Waals surface area contributed by atoms with E-state index in [1.165, 1.54) is 36.1 Å². The molecule has 24 heavy (non-hydrogen) atoms. The molecule has 6 heteroatoms. The number of nitrogens with zero attached hydrogens (tertiary/aromatic N) is 2. The molecule has 4 nitrogen and oxygen atoms in total. The molecule has 3 heterocycles. The zero-order valence-corrected chi connectivity index (χ0v) is 16.5. The normalized spacial score (nSPS) is 20.5. The summed E-state index contributed by atoms with van der Waals surface area (Å²) in [7, 11) is 0. The molecule has 1 atom stereocenters. The maximum Gasteiger partial charge on any atom is 0.190 e. The van der Waals surface area contributed by atoms with Gasteiger partial charge in [-0.2, -0.15) is 0 Å². The zero-order valence-electron chi connectivity index (χ0n) is 14.9. The lowest BCUT2D eigenvalue weighted by Crippen LogP contribution is -2.33. The molecule has 0 aliphatic carbocycles. The Morgan fingerprint density at radius 1 is 1.25 bits per heavy atom. The number of thioether (sulfide) groups is 1. The van der Waals surface area contributed by atoms with Crippen molar-refractivity contribution in [1.82, 2.24) is 9.97 Å². The van der Waals surface area contributed by atoms with Crippen molar-refractivity contribution in [2.24, 2.45) is 0 Å². The van der Waals surface area contributed by atoms with Crippen LogP contribution in [0.25, 0.3) is 10.2 Å². The van der Waals surface area contributed by atoms with Gasteiger partial charge in [0.15, 0.2) is 5.16 Å². The molecule has 0 fully saturated rings. The highest BCUT2D eigenvalue weighted by atomic mass is 32.2. The monoisotopic (exact) mass is 365 g/mol. The number of nitrogens with two attached hydrogens (primary N) is 1. The average Bonchev–Trinajstić information content (AvgIpc) is 2.92. The SMILES string of the molecule is CCCCCCSc1nc(N)c2c3c(sc2n1)COC(C)(CC)C3. The first-order valence-electron chi connectivity index (χ1n) is 8.91. The van der Waals surface area contributed by atoms with Gasteiger partial charge in [0.05, 0.1) is 17.6 Å². The number of aromatic nitrogens is 2. The minimum absolute atomic E-state index is 0.0971. The van der Waals surface area contributed by atoms with E-state index in [1.807, 2.05) is 0 Å². The van der Waals surface area contributed by atoms with Gasteiger partial charge in [-0.3, -0.25) is 0 Å². The van der Waals surface area contributed by atoms with Crippen molar-refractivity contribution < 1.29 is 4.74 Å². The lowest BCUT2D eigenvalue weighted by molar-refractivity contribution is -0.0542. The van der Waals surface area contributed by atoms with Crippen molar-refractivity contribution in [2.75, 3.05) is 11.5 Å². The largest absolute Gasteiger partial charge is 0.383 e. The second-order valence-corrected chi connectivity index (χ2v) is 8.90. The van der Waals surface area contributed by atoms with E-state index >= 15 is 0 Å². The molecule has 1 unspecified atom stereocenters. The number of thiophene rings is 1. The van der Waals surface area contributed by atoms with Crippen LogP contribution in [0.15, 0.2) is 5.16 Å². The molecule has 1 aliphatic rings. The molecule has 0 saturated heterocycles. The topological polar surface area (TPSA) is 61.0 Å². The Hall–Kier alpha value is -0.850. The lowest BCUT2D eigenvalue weighted by atomic mass is 9.90. The van der Waals surface area contributed by atoms with Crippen LogP contribution < -0.4 is 5.73 Å². The molecule has 2 aromatic rings. The molecule has 0 amide bonds. The Bertz CT molecular complexity index is 716. The highest BCUT2D eigenvalue weighted by molar-refractivity contribution is 7.99. The third kappa shape index (κ3) is 3.70. The fourth-order valence-electron chi connectivity index (χ4n) is 3.06. The van der Waals surface area contributed by atoms with Crippen molar-refractivity contribution in [2.45, 2.75) is 76.7 Å². The summed E-state index contributed by atoms with van der Waals surface area (Å²) in [5, 5.41) is 1.88. The van der Waals surface area contributed by atoms with Crippen molar-refractivity contribution in [3.8, 4) is 0 Å². The summed E-state index contributed by atoms with van der Waals surface area (Å²) >= 11 is 3.44. The maximum atomic E-state index is 6.31. The highest BCUT2D eigenvalue weighted by Crippen LogP contribution is 2.41. The van der Waals surface area contributed by atoms with Crippen LogP contribution in [-0.4, -0.2) is 21.3 Å². The van der Waals surface area contributed by atoms with Crippen LogP contribution in [-0.2, 0) is 17.8 Å². The summed E-state index contributed by atoms with van der Waals surface area (Å²) in [5.41, 5.74) is 7.52. The van der Waals surface area contributed by atoms with Gasteiger partial charge in [0.1, 0.15) is 10.6 Å². The predicted octanol–water partition coefficient (Wildman–Crippen LogP) is 5.19. The van der Waals surface area contributed by atoms with Gasteiger partial charge >= 0.3 is 0 Å². The molecule has 2 N–H and O–H groups in total. The van der Waals surface area contributed by atoms with E-state index in [9.17, 15) is 0 Å². The van der Waals surface area contributed by atoms with E-state index in [4.69, 9.17) is 15.5 Å². The minimum Gasteiger partial charge on any atom is -0.383 e.